The largest absolute Gasteiger partial charge is 0.404 e. The monoisotopic (exact) mass is 587 g/mol. The van der Waals surface area contributed by atoms with Crippen LogP contribution < -0.4 is 5.32 Å². The molecule has 0 saturated carbocycles. The third-order valence-corrected chi connectivity index (χ3v) is 14.7. The van der Waals surface area contributed by atoms with Gasteiger partial charge in [-0.25, -0.2) is 0 Å². The van der Waals surface area contributed by atoms with E-state index in [4.69, 9.17) is 13.9 Å². The Morgan fingerprint density at radius 1 is 1.07 bits per heavy atom. The summed E-state index contributed by atoms with van der Waals surface area (Å²) in [5.74, 6) is -2.82. The van der Waals surface area contributed by atoms with Crippen LogP contribution in [-0.4, -0.2) is 66.5 Å². The number of Topliss-reactive ketones (excluding diaryl/α,β-unsaturated/α-hetero) is 1. The SMILES string of the molecule is CC/C=C\[C@@H]1O[C@H](C)O[C@@H]1C(O)C(C)C(=O)[C@]1(O)C(=O)N/C(=C\c2ccccc2)[C@@H]1O[Si](C(C)C)(C(C)C)C(C)C. The van der Waals surface area contributed by atoms with Crippen LogP contribution in [0.15, 0.2) is 48.2 Å². The Morgan fingerprint density at radius 2 is 1.66 bits per heavy atom. The van der Waals surface area contributed by atoms with Gasteiger partial charge in [0, 0.05) is 5.92 Å². The predicted molar refractivity (Wildman–Crippen MR) is 162 cm³/mol. The molecule has 1 aromatic carbocycles. The number of benzene rings is 1. The second-order valence-corrected chi connectivity index (χ2v) is 17.7. The van der Waals surface area contributed by atoms with Crippen molar-refractivity contribution in [2.24, 2.45) is 5.92 Å². The molecule has 2 saturated heterocycles. The molecule has 1 aromatic rings. The van der Waals surface area contributed by atoms with Crippen LogP contribution in [0.5, 0.6) is 0 Å². The van der Waals surface area contributed by atoms with Crippen molar-refractivity contribution in [1.82, 2.24) is 5.32 Å². The fraction of sp³-hybridized carbons (Fsp3) is 0.625. The third-order valence-electron chi connectivity index (χ3n) is 8.64. The minimum absolute atomic E-state index is 0.134. The lowest BCUT2D eigenvalue weighted by molar-refractivity contribution is -0.162. The summed E-state index contributed by atoms with van der Waals surface area (Å²) < 4.78 is 18.6. The van der Waals surface area contributed by atoms with Crippen LogP contribution in [0.1, 0.15) is 74.3 Å². The van der Waals surface area contributed by atoms with Crippen molar-refractivity contribution in [2.45, 2.75) is 122 Å². The number of rotatable bonds is 12. The van der Waals surface area contributed by atoms with Crippen molar-refractivity contribution in [3.05, 3.63) is 53.7 Å². The van der Waals surface area contributed by atoms with E-state index in [2.05, 4.69) is 46.9 Å². The zero-order valence-corrected chi connectivity index (χ0v) is 27.0. The molecule has 0 aliphatic carbocycles. The number of aliphatic hydroxyl groups excluding tert-OH is 1. The Balaban J connectivity index is 2.08. The highest BCUT2D eigenvalue weighted by Gasteiger charge is 2.63. The van der Waals surface area contributed by atoms with E-state index in [9.17, 15) is 19.8 Å². The van der Waals surface area contributed by atoms with Gasteiger partial charge in [0.2, 0.25) is 13.9 Å². The van der Waals surface area contributed by atoms with E-state index in [0.29, 0.717) is 5.70 Å². The van der Waals surface area contributed by atoms with Crippen molar-refractivity contribution in [3.8, 4) is 0 Å². The number of carbonyl (C=O) groups excluding carboxylic acids is 2. The van der Waals surface area contributed by atoms with Gasteiger partial charge in [-0.2, -0.15) is 0 Å². The Bertz CT molecular complexity index is 1100. The molecule has 0 spiro atoms. The topological polar surface area (TPSA) is 114 Å². The molecule has 0 radical (unpaired) electrons. The van der Waals surface area contributed by atoms with Crippen molar-refractivity contribution >= 4 is 26.1 Å². The molecule has 1 amide bonds. The molecule has 0 bridgehead atoms. The van der Waals surface area contributed by atoms with E-state index < -0.39 is 62.2 Å². The predicted octanol–water partition coefficient (Wildman–Crippen LogP) is 5.11. The summed E-state index contributed by atoms with van der Waals surface area (Å²) in [6.45, 7) is 17.8. The van der Waals surface area contributed by atoms with Crippen molar-refractivity contribution < 1.29 is 33.7 Å². The zero-order chi connectivity index (χ0) is 30.7. The van der Waals surface area contributed by atoms with Gasteiger partial charge in [-0.3, -0.25) is 9.59 Å². The molecule has 7 atom stereocenters. The van der Waals surface area contributed by atoms with Gasteiger partial charge < -0.3 is 29.4 Å². The van der Waals surface area contributed by atoms with E-state index in [1.54, 1.807) is 13.0 Å². The summed E-state index contributed by atoms with van der Waals surface area (Å²) in [4.78, 5) is 27.8. The van der Waals surface area contributed by atoms with Gasteiger partial charge in [0.05, 0.1) is 11.8 Å². The van der Waals surface area contributed by atoms with Crippen LogP contribution in [0.3, 0.4) is 0 Å². The van der Waals surface area contributed by atoms with E-state index in [1.165, 1.54) is 6.92 Å². The van der Waals surface area contributed by atoms with Gasteiger partial charge in [0.25, 0.3) is 5.91 Å². The lowest BCUT2D eigenvalue weighted by Crippen LogP contribution is -2.61. The van der Waals surface area contributed by atoms with Crippen LogP contribution in [0.4, 0.5) is 0 Å². The first-order valence-corrected chi connectivity index (χ1v) is 17.0. The number of carbonyl (C=O) groups is 2. The number of aliphatic hydroxyl groups is 2. The first-order chi connectivity index (χ1) is 19.2. The molecular weight excluding hydrogens is 538 g/mol. The van der Waals surface area contributed by atoms with Crippen LogP contribution in [0, 0.1) is 5.92 Å². The van der Waals surface area contributed by atoms with Gasteiger partial charge in [0.1, 0.15) is 18.3 Å². The Labute approximate surface area is 246 Å². The second kappa shape index (κ2) is 13.4. The van der Waals surface area contributed by atoms with E-state index >= 15 is 0 Å². The van der Waals surface area contributed by atoms with Gasteiger partial charge in [-0.15, -0.1) is 0 Å². The standard InChI is InChI=1S/C32H49NO7Si/c1-10-11-17-26-28(39-23(9)38-26)27(34)22(8)29(35)32(37)30(40-41(19(2)3,20(4)5)21(6)7)25(33-31(32)36)18-24-15-13-12-14-16-24/h11-23,26-28,30,34,37H,10H2,1-9H3,(H,33,36)/b17-11-,25-18-/t22?,23-,26-,27?,28-,30-,32+/m0/s1. The zero-order valence-electron chi connectivity index (χ0n) is 26.0. The maximum absolute atomic E-state index is 14.2. The first-order valence-electron chi connectivity index (χ1n) is 14.9. The smallest absolute Gasteiger partial charge is 0.267 e. The van der Waals surface area contributed by atoms with Crippen LogP contribution >= 0.6 is 0 Å². The maximum atomic E-state index is 14.2. The highest BCUT2D eigenvalue weighted by atomic mass is 28.4. The number of allylic oxidation sites excluding steroid dienone is 1. The molecule has 3 N–H and O–H groups in total. The fourth-order valence-electron chi connectivity index (χ4n) is 6.60. The maximum Gasteiger partial charge on any atom is 0.267 e. The van der Waals surface area contributed by atoms with E-state index in [1.807, 2.05) is 49.4 Å². The van der Waals surface area contributed by atoms with Crippen molar-refractivity contribution in [2.75, 3.05) is 0 Å². The summed E-state index contributed by atoms with van der Waals surface area (Å²) in [5.41, 5.74) is -1.02. The molecule has 228 valence electrons. The molecule has 3 rings (SSSR count). The summed E-state index contributed by atoms with van der Waals surface area (Å²) in [5, 5.41) is 26.3. The summed E-state index contributed by atoms with van der Waals surface area (Å²) in [7, 11) is -2.70. The Hall–Kier alpha value is -2.14. The summed E-state index contributed by atoms with van der Waals surface area (Å²) in [6.07, 6.45) is 1.67. The number of nitrogens with one attached hydrogen (secondary N) is 1. The number of ether oxygens (including phenoxy) is 2. The quantitative estimate of drug-likeness (QED) is 0.177. The van der Waals surface area contributed by atoms with Crippen LogP contribution in [0.2, 0.25) is 16.6 Å². The minimum atomic E-state index is -2.70. The molecule has 8 nitrogen and oxygen atoms in total. The Morgan fingerprint density at radius 3 is 2.20 bits per heavy atom. The molecule has 2 aliphatic heterocycles. The van der Waals surface area contributed by atoms with E-state index in [-0.39, 0.29) is 16.6 Å². The molecule has 41 heavy (non-hydrogen) atoms. The van der Waals surface area contributed by atoms with Gasteiger partial charge in [-0.05, 0) is 41.6 Å². The molecule has 2 aliphatic rings. The number of amides is 1. The summed E-state index contributed by atoms with van der Waals surface area (Å²) in [6, 6.07) is 9.39. The Kier molecular flexibility index (Phi) is 10.9. The summed E-state index contributed by atoms with van der Waals surface area (Å²) >= 11 is 0. The lowest BCUT2D eigenvalue weighted by Gasteiger charge is -2.46. The number of hydrogen-bond donors (Lipinski definition) is 3. The number of hydrogen-bond acceptors (Lipinski definition) is 7. The molecule has 2 heterocycles. The van der Waals surface area contributed by atoms with Crippen molar-refractivity contribution in [1.29, 1.82) is 0 Å². The minimum Gasteiger partial charge on any atom is -0.404 e. The average molecular weight is 588 g/mol. The highest BCUT2D eigenvalue weighted by molar-refractivity contribution is 6.77. The molecular formula is C32H49NO7Si. The molecule has 2 unspecified atom stereocenters. The van der Waals surface area contributed by atoms with Crippen LogP contribution in [0.25, 0.3) is 6.08 Å². The van der Waals surface area contributed by atoms with Crippen LogP contribution in [-0.2, 0) is 23.5 Å². The molecule has 9 heteroatoms. The molecule has 2 fully saturated rings. The third kappa shape index (κ3) is 6.45. The normalized spacial score (nSPS) is 29.7. The van der Waals surface area contributed by atoms with E-state index in [0.717, 1.165) is 12.0 Å². The first kappa shape index (κ1) is 33.4. The lowest BCUT2D eigenvalue weighted by atomic mass is 9.81. The van der Waals surface area contributed by atoms with Gasteiger partial charge in [-0.1, -0.05) is 97.9 Å². The second-order valence-electron chi connectivity index (χ2n) is 12.3. The highest BCUT2D eigenvalue weighted by Crippen LogP contribution is 2.46. The fourth-order valence-corrected chi connectivity index (χ4v) is 12.1. The van der Waals surface area contributed by atoms with Gasteiger partial charge in [0.15, 0.2) is 12.1 Å². The van der Waals surface area contributed by atoms with Gasteiger partial charge >= 0.3 is 0 Å². The van der Waals surface area contributed by atoms with Crippen molar-refractivity contribution in [3.63, 3.8) is 0 Å². The number of ketones is 1. The molecule has 0 aromatic heterocycles. The average Bonchev–Trinajstić information content (AvgIpc) is 3.40.